The van der Waals surface area contributed by atoms with Crippen LogP contribution in [0.4, 0.5) is 0 Å². The molecule has 0 saturated heterocycles. The molecule has 0 aliphatic carbocycles. The molecule has 0 atom stereocenters. The van der Waals surface area contributed by atoms with Crippen molar-refractivity contribution in [3.05, 3.63) is 35.4 Å². The molecule has 0 radical (unpaired) electrons. The van der Waals surface area contributed by atoms with Gasteiger partial charge in [-0.05, 0) is 58.1 Å². The first-order valence-electron chi connectivity index (χ1n) is 11.8. The molecule has 0 aliphatic heterocycles. The number of hydrogen-bond acceptors (Lipinski definition) is 8. The molecule has 0 bridgehead atoms. The second-order valence-corrected chi connectivity index (χ2v) is 9.79. The van der Waals surface area contributed by atoms with E-state index >= 15 is 0 Å². The van der Waals surface area contributed by atoms with E-state index in [1.54, 1.807) is 39.8 Å². The van der Waals surface area contributed by atoms with Crippen LogP contribution in [0.3, 0.4) is 0 Å². The van der Waals surface area contributed by atoms with Crippen LogP contribution >= 0.6 is 7.60 Å². The van der Waals surface area contributed by atoms with Crippen LogP contribution in [-0.2, 0) is 50.3 Å². The van der Waals surface area contributed by atoms with Gasteiger partial charge >= 0.3 is 19.5 Å². The topological polar surface area (TPSA) is 117 Å². The summed E-state index contributed by atoms with van der Waals surface area (Å²) >= 11 is 0. The first-order chi connectivity index (χ1) is 16.2. The lowest BCUT2D eigenvalue weighted by Crippen LogP contribution is -2.62. The van der Waals surface area contributed by atoms with E-state index in [1.165, 1.54) is 6.92 Å². The highest BCUT2D eigenvalue weighted by molar-refractivity contribution is 7.53. The fraction of sp³-hybridized carbons (Fsp3) is 0.625. The predicted molar refractivity (Wildman–Crippen MR) is 129 cm³/mol. The predicted octanol–water partition coefficient (Wildman–Crippen LogP) is 3.82. The van der Waals surface area contributed by atoms with Gasteiger partial charge in [0.2, 0.25) is 11.4 Å². The molecule has 1 aromatic carbocycles. The lowest BCUT2D eigenvalue weighted by molar-refractivity contribution is -0.168. The molecule has 1 aromatic rings. The molecule has 192 valence electrons. The maximum absolute atomic E-state index is 12.9. The molecule has 0 unspecified atom stereocenters. The Morgan fingerprint density at radius 1 is 0.853 bits per heavy atom. The summed E-state index contributed by atoms with van der Waals surface area (Å²) in [6, 6.07) is 7.36. The Kier molecular flexibility index (Phi) is 13.1. The van der Waals surface area contributed by atoms with Gasteiger partial charge in [0, 0.05) is 13.3 Å². The summed E-state index contributed by atoms with van der Waals surface area (Å²) in [5, 5.41) is 2.50. The number of aryl methyl sites for hydroxylation is 1. The van der Waals surface area contributed by atoms with Crippen molar-refractivity contribution < 1.29 is 37.5 Å². The average molecular weight is 500 g/mol. The normalized spacial score (nSPS) is 11.7. The van der Waals surface area contributed by atoms with E-state index in [2.05, 4.69) is 5.32 Å². The Hall–Kier alpha value is -2.22. The highest BCUT2D eigenvalue weighted by Crippen LogP contribution is 2.48. The van der Waals surface area contributed by atoms with Crippen LogP contribution in [0.2, 0.25) is 0 Å². The van der Waals surface area contributed by atoms with Crippen molar-refractivity contribution in [2.24, 2.45) is 0 Å². The van der Waals surface area contributed by atoms with Gasteiger partial charge in [-0.2, -0.15) is 0 Å². The Labute approximate surface area is 202 Å². The number of nitrogens with one attached hydrogen (secondary N) is 1. The molecule has 9 nitrogen and oxygen atoms in total. The molecule has 10 heteroatoms. The number of esters is 2. The van der Waals surface area contributed by atoms with Gasteiger partial charge in [-0.25, -0.2) is 9.59 Å². The minimum absolute atomic E-state index is 0.0426. The molecule has 0 heterocycles. The third-order valence-corrected chi connectivity index (χ3v) is 7.16. The summed E-state index contributed by atoms with van der Waals surface area (Å²) in [6.07, 6.45) is 2.09. The minimum Gasteiger partial charge on any atom is -0.464 e. The fourth-order valence-electron chi connectivity index (χ4n) is 3.62. The van der Waals surface area contributed by atoms with Gasteiger partial charge in [0.25, 0.3) is 0 Å². The first-order valence-corrected chi connectivity index (χ1v) is 13.5. The van der Waals surface area contributed by atoms with Gasteiger partial charge in [-0.1, -0.05) is 24.3 Å². The summed E-state index contributed by atoms with van der Waals surface area (Å²) in [5.41, 5.74) is -0.392. The number of unbranched alkanes of at least 4 members (excludes halogenated alkanes) is 1. The molecule has 0 saturated carbocycles. The van der Waals surface area contributed by atoms with Crippen molar-refractivity contribution in [3.63, 3.8) is 0 Å². The number of carbonyl (C=O) groups is 3. The van der Waals surface area contributed by atoms with Crippen molar-refractivity contribution in [3.8, 4) is 0 Å². The number of ether oxygens (including phenoxy) is 2. The summed E-state index contributed by atoms with van der Waals surface area (Å²) in [4.78, 5) is 37.8. The highest BCUT2D eigenvalue weighted by atomic mass is 31.2. The third kappa shape index (κ3) is 8.85. The number of carbonyl (C=O) groups excluding carboxylic acids is 3. The standard InChI is InChI=1S/C24H38NO8P/c1-6-30-22(27)24(25-19(5)26,23(28)31-7-2)18-21-16-11-10-14-20(21)15-12-13-17-34(29,32-8-3)33-9-4/h10-11,14,16H,6-9,12-13,15,17-18H2,1-5H3,(H,25,26). The second kappa shape index (κ2) is 14.9. The molecule has 1 amide bonds. The third-order valence-electron chi connectivity index (χ3n) is 4.99. The van der Waals surface area contributed by atoms with E-state index < -0.39 is 31.0 Å². The number of hydrogen-bond donors (Lipinski definition) is 1. The number of benzene rings is 1. The van der Waals surface area contributed by atoms with Crippen molar-refractivity contribution in [2.75, 3.05) is 32.6 Å². The minimum atomic E-state index is -3.11. The van der Waals surface area contributed by atoms with E-state index in [0.717, 1.165) is 5.56 Å². The molecule has 1 rings (SSSR count). The molecule has 0 fully saturated rings. The quantitative estimate of drug-likeness (QED) is 0.158. The van der Waals surface area contributed by atoms with Gasteiger partial charge in [0.05, 0.1) is 32.6 Å². The first kappa shape index (κ1) is 29.8. The van der Waals surface area contributed by atoms with Gasteiger partial charge in [0.1, 0.15) is 0 Å². The van der Waals surface area contributed by atoms with Crippen LogP contribution < -0.4 is 5.32 Å². The van der Waals surface area contributed by atoms with Crippen molar-refractivity contribution in [2.45, 2.75) is 65.8 Å². The van der Waals surface area contributed by atoms with Crippen LogP contribution in [0, 0.1) is 0 Å². The van der Waals surface area contributed by atoms with E-state index in [4.69, 9.17) is 18.5 Å². The molecule has 0 spiro atoms. The van der Waals surface area contributed by atoms with Gasteiger partial charge in [0.15, 0.2) is 0 Å². The summed E-state index contributed by atoms with van der Waals surface area (Å²) in [5.74, 6) is -2.29. The Balaban J connectivity index is 3.13. The van der Waals surface area contributed by atoms with Crippen molar-refractivity contribution >= 4 is 25.4 Å². The van der Waals surface area contributed by atoms with Crippen LogP contribution in [0.25, 0.3) is 0 Å². The SMILES string of the molecule is CCOC(=O)C(Cc1ccccc1CCCCP(=O)(OCC)OCC)(NC(C)=O)C(=O)OCC. The van der Waals surface area contributed by atoms with Crippen LogP contribution in [0.1, 0.15) is 58.6 Å². The van der Waals surface area contributed by atoms with Crippen molar-refractivity contribution in [1.29, 1.82) is 0 Å². The van der Waals surface area contributed by atoms with Crippen LogP contribution in [0.15, 0.2) is 24.3 Å². The Bertz CT molecular complexity index is 829. The number of amides is 1. The molecule has 0 aliphatic rings. The van der Waals surface area contributed by atoms with Gasteiger partial charge < -0.3 is 23.8 Å². The smallest absolute Gasteiger partial charge is 0.344 e. The lowest BCUT2D eigenvalue weighted by atomic mass is 9.87. The Morgan fingerprint density at radius 2 is 1.38 bits per heavy atom. The van der Waals surface area contributed by atoms with Gasteiger partial charge in [-0.15, -0.1) is 0 Å². The fourth-order valence-corrected chi connectivity index (χ4v) is 5.35. The number of rotatable bonds is 16. The summed E-state index contributed by atoms with van der Waals surface area (Å²) < 4.78 is 33.7. The maximum atomic E-state index is 12.9. The van der Waals surface area contributed by atoms with Gasteiger partial charge in [-0.3, -0.25) is 9.36 Å². The van der Waals surface area contributed by atoms with E-state index in [-0.39, 0.29) is 19.6 Å². The van der Waals surface area contributed by atoms with Crippen LogP contribution in [0.5, 0.6) is 0 Å². The van der Waals surface area contributed by atoms with Crippen LogP contribution in [-0.4, -0.2) is 56.0 Å². The zero-order valence-electron chi connectivity index (χ0n) is 20.9. The summed E-state index contributed by atoms with van der Waals surface area (Å²) in [7, 11) is -3.11. The van der Waals surface area contributed by atoms with Crippen molar-refractivity contribution in [1.82, 2.24) is 5.32 Å². The average Bonchev–Trinajstić information content (AvgIpc) is 2.77. The molecular weight excluding hydrogens is 461 g/mol. The van der Waals surface area contributed by atoms with E-state index in [0.29, 0.717) is 44.2 Å². The molecule has 34 heavy (non-hydrogen) atoms. The molecular formula is C24H38NO8P. The monoisotopic (exact) mass is 499 g/mol. The maximum Gasteiger partial charge on any atom is 0.344 e. The lowest BCUT2D eigenvalue weighted by Gasteiger charge is -2.30. The Morgan fingerprint density at radius 3 is 1.85 bits per heavy atom. The second-order valence-electron chi connectivity index (χ2n) is 7.60. The van der Waals surface area contributed by atoms with E-state index in [9.17, 15) is 18.9 Å². The largest absolute Gasteiger partial charge is 0.464 e. The molecule has 0 aromatic heterocycles. The zero-order valence-corrected chi connectivity index (χ0v) is 21.8. The zero-order chi connectivity index (χ0) is 25.6. The summed E-state index contributed by atoms with van der Waals surface area (Å²) in [6.45, 7) is 8.74. The highest BCUT2D eigenvalue weighted by Gasteiger charge is 2.50. The molecule has 1 N–H and O–H groups in total. The van der Waals surface area contributed by atoms with E-state index in [1.807, 2.05) is 12.1 Å².